The number of carbonyl (C=O) groups excluding carboxylic acids is 1. The van der Waals surface area contributed by atoms with E-state index in [2.05, 4.69) is 0 Å². The van der Waals surface area contributed by atoms with E-state index in [-0.39, 0.29) is 5.91 Å². The van der Waals surface area contributed by atoms with Gasteiger partial charge in [0.05, 0.1) is 6.61 Å². The fourth-order valence-electron chi connectivity index (χ4n) is 2.34. The molecule has 1 heterocycles. The van der Waals surface area contributed by atoms with E-state index in [1.807, 2.05) is 0 Å². The summed E-state index contributed by atoms with van der Waals surface area (Å²) < 4.78 is 4.93. The second kappa shape index (κ2) is 4.33. The third kappa shape index (κ3) is 1.79. The summed E-state index contributed by atoms with van der Waals surface area (Å²) in [6.07, 6.45) is 3.15. The largest absolute Gasteiger partial charge is 0.383 e. The number of hydrogen-bond acceptors (Lipinski definition) is 3. The van der Waals surface area contributed by atoms with Crippen molar-refractivity contribution in [2.24, 2.45) is 0 Å². The molecule has 2 rings (SSSR count). The van der Waals surface area contributed by atoms with Crippen molar-refractivity contribution in [3.05, 3.63) is 11.1 Å². The number of ether oxygens (including phenoxy) is 1. The van der Waals surface area contributed by atoms with Gasteiger partial charge in [0.2, 0.25) is 0 Å². The lowest BCUT2D eigenvalue weighted by Crippen LogP contribution is -2.37. The first-order valence-corrected chi connectivity index (χ1v) is 5.45. The first kappa shape index (κ1) is 10.6. The van der Waals surface area contributed by atoms with E-state index in [9.17, 15) is 9.90 Å². The average molecular weight is 211 g/mol. The van der Waals surface area contributed by atoms with Crippen molar-refractivity contribution >= 4 is 5.91 Å². The number of hydrogen-bond donors (Lipinski definition) is 1. The van der Waals surface area contributed by atoms with Crippen molar-refractivity contribution in [3.8, 4) is 0 Å². The minimum atomic E-state index is -0.692. The van der Waals surface area contributed by atoms with E-state index >= 15 is 0 Å². The summed E-state index contributed by atoms with van der Waals surface area (Å²) in [6, 6.07) is 0. The molecular formula is C11H17NO3. The predicted molar refractivity (Wildman–Crippen MR) is 55.1 cm³/mol. The zero-order valence-corrected chi connectivity index (χ0v) is 9.03. The lowest BCUT2D eigenvalue weighted by Gasteiger charge is -2.22. The van der Waals surface area contributed by atoms with Gasteiger partial charge in [0.15, 0.2) is 6.23 Å². The fourth-order valence-corrected chi connectivity index (χ4v) is 2.34. The predicted octanol–water partition coefficient (Wildman–Crippen LogP) is 0.664. The second-order valence-corrected chi connectivity index (χ2v) is 4.08. The molecule has 2 aliphatic rings. The van der Waals surface area contributed by atoms with Crippen molar-refractivity contribution < 1.29 is 14.6 Å². The van der Waals surface area contributed by atoms with Crippen LogP contribution in [0.1, 0.15) is 25.7 Å². The first-order valence-electron chi connectivity index (χ1n) is 5.45. The Labute approximate surface area is 89.5 Å². The van der Waals surface area contributed by atoms with Gasteiger partial charge in [-0.05, 0) is 31.3 Å². The van der Waals surface area contributed by atoms with Crippen LogP contribution in [0.2, 0.25) is 0 Å². The summed E-state index contributed by atoms with van der Waals surface area (Å²) in [5.74, 6) is 0.00856. The Hall–Kier alpha value is -0.870. The summed E-state index contributed by atoms with van der Waals surface area (Å²) in [5.41, 5.74) is 1.80. The highest BCUT2D eigenvalue weighted by molar-refractivity contribution is 5.97. The summed E-state index contributed by atoms with van der Waals surface area (Å²) in [6.45, 7) is 0.951. The Kier molecular flexibility index (Phi) is 3.07. The standard InChI is InChI=1S/C11H17NO3/c1-15-7-6-12-10(13)8-4-2-3-5-9(8)11(12)14/h10,13H,2-7H2,1H3. The Balaban J connectivity index is 2.11. The van der Waals surface area contributed by atoms with Crippen LogP contribution in [0.5, 0.6) is 0 Å². The van der Waals surface area contributed by atoms with Gasteiger partial charge in [-0.2, -0.15) is 0 Å². The lowest BCUT2D eigenvalue weighted by atomic mass is 9.93. The number of aliphatic hydroxyl groups is 1. The molecule has 0 saturated heterocycles. The van der Waals surface area contributed by atoms with E-state index in [1.165, 1.54) is 4.90 Å². The molecule has 1 N–H and O–H groups in total. The van der Waals surface area contributed by atoms with E-state index < -0.39 is 6.23 Å². The van der Waals surface area contributed by atoms with Crippen molar-refractivity contribution in [2.45, 2.75) is 31.9 Å². The molecule has 15 heavy (non-hydrogen) atoms. The molecule has 1 aliphatic heterocycles. The molecule has 0 aromatic carbocycles. The van der Waals surface area contributed by atoms with Gasteiger partial charge in [0.25, 0.3) is 5.91 Å². The van der Waals surface area contributed by atoms with Crippen LogP contribution in [0.4, 0.5) is 0 Å². The molecule has 1 atom stereocenters. The van der Waals surface area contributed by atoms with E-state index in [0.717, 1.165) is 36.8 Å². The van der Waals surface area contributed by atoms with Crippen LogP contribution < -0.4 is 0 Å². The molecule has 4 heteroatoms. The molecule has 84 valence electrons. The fraction of sp³-hybridized carbons (Fsp3) is 0.727. The van der Waals surface area contributed by atoms with Crippen molar-refractivity contribution in [2.75, 3.05) is 20.3 Å². The highest BCUT2D eigenvalue weighted by atomic mass is 16.5. The highest BCUT2D eigenvalue weighted by Gasteiger charge is 2.37. The topological polar surface area (TPSA) is 49.8 Å². The number of methoxy groups -OCH3 is 1. The second-order valence-electron chi connectivity index (χ2n) is 4.08. The smallest absolute Gasteiger partial charge is 0.252 e. The van der Waals surface area contributed by atoms with Gasteiger partial charge in [-0.15, -0.1) is 0 Å². The molecule has 0 radical (unpaired) electrons. The van der Waals surface area contributed by atoms with Gasteiger partial charge in [-0.3, -0.25) is 4.79 Å². The van der Waals surface area contributed by atoms with Gasteiger partial charge in [-0.25, -0.2) is 0 Å². The number of nitrogens with zero attached hydrogens (tertiary/aromatic N) is 1. The van der Waals surface area contributed by atoms with Crippen molar-refractivity contribution in [1.82, 2.24) is 4.90 Å². The normalized spacial score (nSPS) is 26.1. The molecule has 1 amide bonds. The molecule has 4 nitrogen and oxygen atoms in total. The molecule has 0 bridgehead atoms. The Morgan fingerprint density at radius 1 is 1.47 bits per heavy atom. The van der Waals surface area contributed by atoms with Crippen LogP contribution in [0.25, 0.3) is 0 Å². The van der Waals surface area contributed by atoms with Crippen LogP contribution in [0.3, 0.4) is 0 Å². The monoisotopic (exact) mass is 211 g/mol. The molecule has 1 aliphatic carbocycles. The average Bonchev–Trinajstić information content (AvgIpc) is 2.51. The van der Waals surface area contributed by atoms with E-state index in [4.69, 9.17) is 4.74 Å². The quantitative estimate of drug-likeness (QED) is 0.746. The number of amides is 1. The van der Waals surface area contributed by atoms with Gasteiger partial charge >= 0.3 is 0 Å². The SMILES string of the molecule is COCCN1C(=O)C2=C(CCCC2)C1O. The zero-order valence-electron chi connectivity index (χ0n) is 9.03. The molecule has 0 fully saturated rings. The Morgan fingerprint density at radius 3 is 2.87 bits per heavy atom. The molecule has 0 spiro atoms. The molecule has 0 aromatic heterocycles. The van der Waals surface area contributed by atoms with Crippen LogP contribution in [0, 0.1) is 0 Å². The summed E-state index contributed by atoms with van der Waals surface area (Å²) in [7, 11) is 1.60. The Bertz CT molecular complexity index is 298. The summed E-state index contributed by atoms with van der Waals surface area (Å²) >= 11 is 0. The summed E-state index contributed by atoms with van der Waals surface area (Å²) in [5, 5.41) is 9.97. The van der Waals surface area contributed by atoms with Gasteiger partial charge in [-0.1, -0.05) is 0 Å². The maximum Gasteiger partial charge on any atom is 0.252 e. The lowest BCUT2D eigenvalue weighted by molar-refractivity contribution is -0.132. The third-order valence-corrected chi connectivity index (χ3v) is 3.17. The van der Waals surface area contributed by atoms with Crippen molar-refractivity contribution in [3.63, 3.8) is 0 Å². The third-order valence-electron chi connectivity index (χ3n) is 3.17. The minimum Gasteiger partial charge on any atom is -0.383 e. The van der Waals surface area contributed by atoms with Crippen LogP contribution in [0.15, 0.2) is 11.1 Å². The van der Waals surface area contributed by atoms with Crippen LogP contribution in [-0.4, -0.2) is 42.4 Å². The molecular weight excluding hydrogens is 194 g/mol. The van der Waals surface area contributed by atoms with Gasteiger partial charge in [0.1, 0.15) is 0 Å². The number of aliphatic hydroxyl groups excluding tert-OH is 1. The van der Waals surface area contributed by atoms with Crippen LogP contribution in [-0.2, 0) is 9.53 Å². The molecule has 1 unspecified atom stereocenters. The molecule has 0 aromatic rings. The maximum absolute atomic E-state index is 11.9. The van der Waals surface area contributed by atoms with Gasteiger partial charge in [0, 0.05) is 19.2 Å². The zero-order chi connectivity index (χ0) is 10.8. The van der Waals surface area contributed by atoms with E-state index in [1.54, 1.807) is 7.11 Å². The minimum absolute atomic E-state index is 0.00856. The van der Waals surface area contributed by atoms with E-state index in [0.29, 0.717) is 13.2 Å². The maximum atomic E-state index is 11.9. The van der Waals surface area contributed by atoms with Gasteiger partial charge < -0.3 is 14.7 Å². The highest BCUT2D eigenvalue weighted by Crippen LogP contribution is 2.34. The number of carbonyl (C=O) groups is 1. The number of rotatable bonds is 3. The first-order chi connectivity index (χ1) is 7.25. The summed E-state index contributed by atoms with van der Waals surface area (Å²) in [4.78, 5) is 13.4. The molecule has 0 saturated carbocycles. The van der Waals surface area contributed by atoms with Crippen molar-refractivity contribution in [1.29, 1.82) is 0 Å². The Morgan fingerprint density at radius 2 is 2.20 bits per heavy atom. The van der Waals surface area contributed by atoms with Crippen LogP contribution >= 0.6 is 0 Å².